The third-order valence-corrected chi connectivity index (χ3v) is 4.06. The highest BCUT2D eigenvalue weighted by molar-refractivity contribution is 6.04. The van der Waals surface area contributed by atoms with Gasteiger partial charge >= 0.3 is 0 Å². The maximum atomic E-state index is 12.4. The first-order valence-electron chi connectivity index (χ1n) is 8.07. The Balaban J connectivity index is 2.17. The number of aromatic nitrogens is 1. The van der Waals surface area contributed by atoms with Crippen LogP contribution >= 0.6 is 0 Å². The van der Waals surface area contributed by atoms with Gasteiger partial charge in [-0.2, -0.15) is 0 Å². The van der Waals surface area contributed by atoms with Crippen molar-refractivity contribution in [3.8, 4) is 0 Å². The zero-order valence-corrected chi connectivity index (χ0v) is 14.5. The first-order valence-corrected chi connectivity index (χ1v) is 8.07. The second-order valence-electron chi connectivity index (χ2n) is 5.89. The van der Waals surface area contributed by atoms with E-state index in [1.54, 1.807) is 18.2 Å². The number of carbonyl (C=O) groups is 2. The molecule has 1 unspecified atom stereocenters. The van der Waals surface area contributed by atoms with Gasteiger partial charge in [0.15, 0.2) is 0 Å². The molecule has 1 aromatic heterocycles. The minimum Gasteiger partial charge on any atom is -0.348 e. The Labute approximate surface area is 142 Å². The molecule has 0 spiro atoms. The Kier molecular flexibility index (Phi) is 5.68. The number of aryl methyl sites for hydroxylation is 1. The fourth-order valence-electron chi connectivity index (χ4n) is 2.16. The van der Waals surface area contributed by atoms with Crippen LogP contribution in [-0.2, 0) is 0 Å². The molecule has 2 aromatic rings. The molecule has 0 fully saturated rings. The summed E-state index contributed by atoms with van der Waals surface area (Å²) >= 11 is 0. The normalized spacial score (nSPS) is 11.7. The van der Waals surface area contributed by atoms with E-state index < -0.39 is 0 Å². The van der Waals surface area contributed by atoms with Crippen molar-refractivity contribution in [3.63, 3.8) is 0 Å². The molecular weight excluding hydrogens is 302 g/mol. The van der Waals surface area contributed by atoms with Gasteiger partial charge in [0.05, 0.1) is 0 Å². The van der Waals surface area contributed by atoms with Gasteiger partial charge in [0.1, 0.15) is 11.4 Å². The Morgan fingerprint density at radius 1 is 1.04 bits per heavy atom. The van der Waals surface area contributed by atoms with Crippen molar-refractivity contribution in [2.75, 3.05) is 5.32 Å². The summed E-state index contributed by atoms with van der Waals surface area (Å²) in [4.78, 5) is 28.8. The second kappa shape index (κ2) is 7.73. The van der Waals surface area contributed by atoms with Gasteiger partial charge in [0.25, 0.3) is 11.8 Å². The zero-order chi connectivity index (χ0) is 17.7. The molecular formula is C19H23N3O2. The molecule has 0 aliphatic heterocycles. The van der Waals surface area contributed by atoms with E-state index in [2.05, 4.69) is 15.6 Å². The molecule has 5 nitrogen and oxygen atoms in total. The maximum absolute atomic E-state index is 12.4. The Bertz CT molecular complexity index is 756. The number of carbonyl (C=O) groups excluding carboxylic acids is 2. The third-order valence-electron chi connectivity index (χ3n) is 4.06. The highest BCUT2D eigenvalue weighted by Crippen LogP contribution is 2.18. The van der Waals surface area contributed by atoms with Crippen molar-refractivity contribution >= 4 is 17.5 Å². The van der Waals surface area contributed by atoms with Crippen molar-refractivity contribution in [1.29, 1.82) is 0 Å². The van der Waals surface area contributed by atoms with Gasteiger partial charge in [-0.05, 0) is 56.5 Å². The van der Waals surface area contributed by atoms with Gasteiger partial charge < -0.3 is 10.6 Å². The predicted molar refractivity (Wildman–Crippen MR) is 95.3 cm³/mol. The molecule has 0 saturated carbocycles. The number of nitrogens with zero attached hydrogens (tertiary/aromatic N) is 1. The van der Waals surface area contributed by atoms with Crippen LogP contribution in [0.25, 0.3) is 0 Å². The summed E-state index contributed by atoms with van der Waals surface area (Å²) in [7, 11) is 0. The van der Waals surface area contributed by atoms with E-state index in [-0.39, 0.29) is 29.2 Å². The molecule has 126 valence electrons. The van der Waals surface area contributed by atoms with Crippen LogP contribution in [0.4, 0.5) is 5.69 Å². The van der Waals surface area contributed by atoms with Crippen LogP contribution in [0.2, 0.25) is 0 Å². The van der Waals surface area contributed by atoms with E-state index in [9.17, 15) is 9.59 Å². The summed E-state index contributed by atoms with van der Waals surface area (Å²) < 4.78 is 0. The minimum atomic E-state index is -0.332. The number of rotatable bonds is 5. The highest BCUT2D eigenvalue weighted by atomic mass is 16.2. The number of nitrogens with one attached hydrogen (secondary N) is 2. The Hall–Kier alpha value is -2.69. The third kappa shape index (κ3) is 4.19. The molecule has 0 bridgehead atoms. The minimum absolute atomic E-state index is 0.0618. The lowest BCUT2D eigenvalue weighted by Gasteiger charge is -2.12. The first-order chi connectivity index (χ1) is 11.4. The van der Waals surface area contributed by atoms with Crippen LogP contribution < -0.4 is 10.6 Å². The molecule has 1 atom stereocenters. The lowest BCUT2D eigenvalue weighted by atomic mass is 10.1. The fraction of sp³-hybridized carbons (Fsp3) is 0.316. The number of pyridine rings is 1. The van der Waals surface area contributed by atoms with Crippen molar-refractivity contribution in [1.82, 2.24) is 10.3 Å². The summed E-state index contributed by atoms with van der Waals surface area (Å²) in [6.07, 6.45) is 0.832. The molecule has 2 amide bonds. The van der Waals surface area contributed by atoms with Crippen LogP contribution in [0, 0.1) is 13.8 Å². The number of hydrogen-bond acceptors (Lipinski definition) is 3. The summed E-state index contributed by atoms with van der Waals surface area (Å²) in [5.74, 6) is -0.604. The van der Waals surface area contributed by atoms with E-state index >= 15 is 0 Å². The second-order valence-corrected chi connectivity index (χ2v) is 5.89. The fourth-order valence-corrected chi connectivity index (χ4v) is 2.16. The molecule has 1 aromatic carbocycles. The maximum Gasteiger partial charge on any atom is 0.274 e. The largest absolute Gasteiger partial charge is 0.348 e. The molecule has 0 saturated heterocycles. The SMILES string of the molecule is CCC(C)NC(=O)c1cccc(C(=O)Nc2cccc(C)c2C)n1. The molecule has 24 heavy (non-hydrogen) atoms. The first kappa shape index (κ1) is 17.7. The molecule has 0 aliphatic rings. The lowest BCUT2D eigenvalue weighted by molar-refractivity contribution is 0.0934. The van der Waals surface area contributed by atoms with Crippen molar-refractivity contribution < 1.29 is 9.59 Å². The van der Waals surface area contributed by atoms with Crippen LogP contribution in [0.5, 0.6) is 0 Å². The summed E-state index contributed by atoms with van der Waals surface area (Å²) in [6, 6.07) is 10.7. The predicted octanol–water partition coefficient (Wildman–Crippen LogP) is 3.48. The number of anilines is 1. The number of hydrogen-bond donors (Lipinski definition) is 2. The van der Waals surface area contributed by atoms with Gasteiger partial charge in [-0.15, -0.1) is 0 Å². The smallest absolute Gasteiger partial charge is 0.274 e. The Morgan fingerprint density at radius 3 is 2.33 bits per heavy atom. The van der Waals surface area contributed by atoms with Gasteiger partial charge in [0.2, 0.25) is 0 Å². The Morgan fingerprint density at radius 2 is 1.67 bits per heavy atom. The molecule has 0 radical (unpaired) electrons. The van der Waals surface area contributed by atoms with Crippen LogP contribution in [0.15, 0.2) is 36.4 Å². The van der Waals surface area contributed by atoms with Crippen LogP contribution in [0.3, 0.4) is 0 Å². The van der Waals surface area contributed by atoms with Crippen molar-refractivity contribution in [2.24, 2.45) is 0 Å². The highest BCUT2D eigenvalue weighted by Gasteiger charge is 2.14. The van der Waals surface area contributed by atoms with E-state index in [0.29, 0.717) is 0 Å². The average molecular weight is 325 g/mol. The summed E-state index contributed by atoms with van der Waals surface area (Å²) in [6.45, 7) is 7.86. The van der Waals surface area contributed by atoms with Crippen LogP contribution in [-0.4, -0.2) is 22.8 Å². The van der Waals surface area contributed by atoms with E-state index in [1.165, 1.54) is 0 Å². The quantitative estimate of drug-likeness (QED) is 0.884. The standard InChI is InChI=1S/C19H23N3O2/c1-5-13(3)20-18(23)16-10-7-11-17(21-16)19(24)22-15-9-6-8-12(2)14(15)4/h6-11,13H,5H2,1-4H3,(H,20,23)(H,22,24). The molecule has 2 N–H and O–H groups in total. The average Bonchev–Trinajstić information content (AvgIpc) is 2.58. The van der Waals surface area contributed by atoms with Crippen LogP contribution in [0.1, 0.15) is 52.4 Å². The van der Waals surface area contributed by atoms with E-state index in [0.717, 1.165) is 23.2 Å². The number of benzene rings is 1. The molecule has 2 rings (SSSR count). The lowest BCUT2D eigenvalue weighted by Crippen LogP contribution is -2.32. The molecule has 5 heteroatoms. The monoisotopic (exact) mass is 325 g/mol. The van der Waals surface area contributed by atoms with E-state index in [1.807, 2.05) is 45.9 Å². The molecule has 0 aliphatic carbocycles. The van der Waals surface area contributed by atoms with Gasteiger partial charge in [0, 0.05) is 11.7 Å². The van der Waals surface area contributed by atoms with Gasteiger partial charge in [-0.1, -0.05) is 25.1 Å². The molecule has 1 heterocycles. The van der Waals surface area contributed by atoms with Crippen molar-refractivity contribution in [2.45, 2.75) is 40.2 Å². The summed E-state index contributed by atoms with van der Waals surface area (Å²) in [5, 5.41) is 5.70. The van der Waals surface area contributed by atoms with Crippen molar-refractivity contribution in [3.05, 3.63) is 58.9 Å². The zero-order valence-electron chi connectivity index (χ0n) is 14.5. The van der Waals surface area contributed by atoms with E-state index in [4.69, 9.17) is 0 Å². The van der Waals surface area contributed by atoms with Gasteiger partial charge in [-0.25, -0.2) is 4.98 Å². The van der Waals surface area contributed by atoms with Gasteiger partial charge in [-0.3, -0.25) is 9.59 Å². The number of amides is 2. The summed E-state index contributed by atoms with van der Waals surface area (Å²) in [5.41, 5.74) is 3.31. The topological polar surface area (TPSA) is 71.1 Å².